The van der Waals surface area contributed by atoms with Crippen molar-refractivity contribution in [3.05, 3.63) is 23.5 Å². The molecule has 2 aromatic heterocycles. The lowest BCUT2D eigenvalue weighted by Crippen LogP contribution is -2.34. The van der Waals surface area contributed by atoms with E-state index in [9.17, 15) is 9.59 Å². The molecule has 7 nitrogen and oxygen atoms in total. The van der Waals surface area contributed by atoms with Gasteiger partial charge in [0.25, 0.3) is 5.91 Å². The van der Waals surface area contributed by atoms with Gasteiger partial charge in [-0.2, -0.15) is 5.10 Å². The number of aromatic nitrogens is 3. The van der Waals surface area contributed by atoms with Crippen molar-refractivity contribution in [3.8, 4) is 0 Å². The van der Waals surface area contributed by atoms with Gasteiger partial charge < -0.3 is 9.64 Å². The number of hydrogen-bond acceptors (Lipinski definition) is 5. The van der Waals surface area contributed by atoms with Gasteiger partial charge in [-0.25, -0.2) is 9.67 Å². The number of hydrogen-bond donors (Lipinski definition) is 0. The fraction of sp³-hybridized carbons (Fsp3) is 0.529. The van der Waals surface area contributed by atoms with Gasteiger partial charge in [0, 0.05) is 25.0 Å². The standard InChI is InChI=1S/C17H24N4O3/c1-10(2)21-15-13(8-18-21)7-14(12(4)19-15)16(22)20(5)9-11(3)17(23)24-6/h7-8,10-11H,9H2,1-6H3. The normalized spacial score (nSPS) is 12.5. The van der Waals surface area contributed by atoms with Gasteiger partial charge in [-0.1, -0.05) is 6.92 Å². The largest absolute Gasteiger partial charge is 0.469 e. The number of aryl methyl sites for hydroxylation is 1. The summed E-state index contributed by atoms with van der Waals surface area (Å²) in [5.41, 5.74) is 1.93. The minimum atomic E-state index is -0.385. The summed E-state index contributed by atoms with van der Waals surface area (Å²) in [6.45, 7) is 7.89. The third-order valence-corrected chi connectivity index (χ3v) is 3.98. The molecule has 0 saturated heterocycles. The Morgan fingerprint density at radius 3 is 2.58 bits per heavy atom. The van der Waals surface area contributed by atoms with E-state index in [1.54, 1.807) is 20.2 Å². The summed E-state index contributed by atoms with van der Waals surface area (Å²) in [5, 5.41) is 5.16. The Morgan fingerprint density at radius 2 is 2.00 bits per heavy atom. The highest BCUT2D eigenvalue weighted by Gasteiger charge is 2.22. The van der Waals surface area contributed by atoms with Gasteiger partial charge in [0.1, 0.15) is 0 Å². The van der Waals surface area contributed by atoms with Crippen molar-refractivity contribution in [1.82, 2.24) is 19.7 Å². The van der Waals surface area contributed by atoms with Crippen LogP contribution < -0.4 is 0 Å². The van der Waals surface area contributed by atoms with E-state index in [0.717, 1.165) is 11.0 Å². The highest BCUT2D eigenvalue weighted by molar-refractivity contribution is 5.98. The zero-order valence-electron chi connectivity index (χ0n) is 15.0. The summed E-state index contributed by atoms with van der Waals surface area (Å²) in [6.07, 6.45) is 1.72. The lowest BCUT2D eigenvalue weighted by atomic mass is 10.1. The van der Waals surface area contributed by atoms with Crippen molar-refractivity contribution in [2.24, 2.45) is 5.92 Å². The van der Waals surface area contributed by atoms with Crippen LogP contribution in [0.25, 0.3) is 11.0 Å². The van der Waals surface area contributed by atoms with Gasteiger partial charge in [-0.15, -0.1) is 0 Å². The Balaban J connectivity index is 2.29. The number of pyridine rings is 1. The first-order chi connectivity index (χ1) is 11.3. The molecule has 0 N–H and O–H groups in total. The topological polar surface area (TPSA) is 77.3 Å². The van der Waals surface area contributed by atoms with Gasteiger partial charge >= 0.3 is 5.97 Å². The van der Waals surface area contributed by atoms with Crippen molar-refractivity contribution in [2.45, 2.75) is 33.7 Å². The third-order valence-electron chi connectivity index (χ3n) is 3.98. The van der Waals surface area contributed by atoms with Crippen LogP contribution in [-0.4, -0.2) is 52.2 Å². The van der Waals surface area contributed by atoms with Crippen LogP contribution in [0.2, 0.25) is 0 Å². The molecule has 0 radical (unpaired) electrons. The molecule has 0 fully saturated rings. The van der Waals surface area contributed by atoms with E-state index in [1.807, 2.05) is 31.5 Å². The maximum absolute atomic E-state index is 12.7. The number of esters is 1. The fourth-order valence-electron chi connectivity index (χ4n) is 2.64. The first-order valence-electron chi connectivity index (χ1n) is 7.94. The lowest BCUT2D eigenvalue weighted by Gasteiger charge is -2.21. The number of amides is 1. The van der Waals surface area contributed by atoms with Crippen LogP contribution >= 0.6 is 0 Å². The lowest BCUT2D eigenvalue weighted by molar-refractivity contribution is -0.145. The van der Waals surface area contributed by atoms with Crippen LogP contribution in [0.4, 0.5) is 0 Å². The van der Waals surface area contributed by atoms with Crippen LogP contribution in [0.1, 0.15) is 42.9 Å². The molecule has 0 saturated carbocycles. The number of fused-ring (bicyclic) bond motifs is 1. The summed E-state index contributed by atoms with van der Waals surface area (Å²) in [6, 6.07) is 2.00. The Kier molecular flexibility index (Phi) is 5.21. The Bertz CT molecular complexity index is 767. The van der Waals surface area contributed by atoms with Gasteiger partial charge in [0.15, 0.2) is 5.65 Å². The van der Waals surface area contributed by atoms with Crippen molar-refractivity contribution < 1.29 is 14.3 Å². The number of rotatable bonds is 5. The molecule has 7 heteroatoms. The summed E-state index contributed by atoms with van der Waals surface area (Å²) in [5.74, 6) is -0.891. The predicted octanol–water partition coefficient (Wildman–Crippen LogP) is 2.20. The van der Waals surface area contributed by atoms with E-state index in [2.05, 4.69) is 10.1 Å². The van der Waals surface area contributed by atoms with E-state index < -0.39 is 0 Å². The molecule has 0 spiro atoms. The van der Waals surface area contributed by atoms with E-state index in [0.29, 0.717) is 11.3 Å². The molecule has 1 amide bonds. The second-order valence-corrected chi connectivity index (χ2v) is 6.33. The van der Waals surface area contributed by atoms with Gasteiger partial charge in [0.2, 0.25) is 0 Å². The Labute approximate surface area is 141 Å². The number of ether oxygens (including phenoxy) is 1. The van der Waals surface area contributed by atoms with E-state index in [-0.39, 0.29) is 30.4 Å². The van der Waals surface area contributed by atoms with Crippen LogP contribution in [0, 0.1) is 12.8 Å². The predicted molar refractivity (Wildman–Crippen MR) is 90.8 cm³/mol. The second kappa shape index (κ2) is 6.98. The van der Waals surface area contributed by atoms with Crippen LogP contribution in [0.3, 0.4) is 0 Å². The Hall–Kier alpha value is -2.44. The molecule has 2 heterocycles. The van der Waals surface area contributed by atoms with Crippen molar-refractivity contribution in [1.29, 1.82) is 0 Å². The molecule has 0 aliphatic rings. The number of methoxy groups -OCH3 is 1. The molecule has 1 atom stereocenters. The first-order valence-corrected chi connectivity index (χ1v) is 7.94. The van der Waals surface area contributed by atoms with Crippen molar-refractivity contribution >= 4 is 22.9 Å². The van der Waals surface area contributed by atoms with E-state index >= 15 is 0 Å². The number of carbonyl (C=O) groups is 2. The van der Waals surface area contributed by atoms with E-state index in [4.69, 9.17) is 4.74 Å². The molecule has 2 aromatic rings. The van der Waals surface area contributed by atoms with Gasteiger partial charge in [0.05, 0.1) is 30.5 Å². The molecule has 0 bridgehead atoms. The minimum absolute atomic E-state index is 0.171. The molecule has 1 unspecified atom stereocenters. The van der Waals surface area contributed by atoms with Crippen LogP contribution in [0.15, 0.2) is 12.3 Å². The molecular weight excluding hydrogens is 308 g/mol. The SMILES string of the molecule is COC(=O)C(C)CN(C)C(=O)c1cc2cnn(C(C)C)c2nc1C. The monoisotopic (exact) mass is 332 g/mol. The van der Waals surface area contributed by atoms with Crippen molar-refractivity contribution in [3.63, 3.8) is 0 Å². The maximum atomic E-state index is 12.7. The van der Waals surface area contributed by atoms with Crippen molar-refractivity contribution in [2.75, 3.05) is 20.7 Å². The molecule has 24 heavy (non-hydrogen) atoms. The quantitative estimate of drug-likeness (QED) is 0.785. The smallest absolute Gasteiger partial charge is 0.310 e. The van der Waals surface area contributed by atoms with Gasteiger partial charge in [-0.05, 0) is 26.8 Å². The summed E-state index contributed by atoms with van der Waals surface area (Å²) >= 11 is 0. The molecule has 0 aliphatic carbocycles. The zero-order valence-corrected chi connectivity index (χ0v) is 15.0. The minimum Gasteiger partial charge on any atom is -0.469 e. The average molecular weight is 332 g/mol. The molecular formula is C17H24N4O3. The van der Waals surface area contributed by atoms with Crippen LogP contribution in [0.5, 0.6) is 0 Å². The molecule has 0 aromatic carbocycles. The Morgan fingerprint density at radius 1 is 1.33 bits per heavy atom. The number of carbonyl (C=O) groups excluding carboxylic acids is 2. The average Bonchev–Trinajstić information content (AvgIpc) is 2.95. The second-order valence-electron chi connectivity index (χ2n) is 6.33. The maximum Gasteiger partial charge on any atom is 0.310 e. The van der Waals surface area contributed by atoms with E-state index in [1.165, 1.54) is 12.0 Å². The van der Waals surface area contributed by atoms with Gasteiger partial charge in [-0.3, -0.25) is 9.59 Å². The summed E-state index contributed by atoms with van der Waals surface area (Å²) in [4.78, 5) is 30.3. The zero-order chi connectivity index (χ0) is 18.0. The summed E-state index contributed by atoms with van der Waals surface area (Å²) < 4.78 is 6.54. The molecule has 2 rings (SSSR count). The third kappa shape index (κ3) is 3.39. The molecule has 0 aliphatic heterocycles. The summed E-state index contributed by atoms with van der Waals surface area (Å²) in [7, 11) is 3.01. The first kappa shape index (κ1) is 17.9. The molecule has 130 valence electrons. The highest BCUT2D eigenvalue weighted by atomic mass is 16.5. The fourth-order valence-corrected chi connectivity index (χ4v) is 2.64. The highest BCUT2D eigenvalue weighted by Crippen LogP contribution is 2.20. The number of nitrogens with zero attached hydrogens (tertiary/aromatic N) is 4. The van der Waals surface area contributed by atoms with Crippen LogP contribution in [-0.2, 0) is 9.53 Å².